The van der Waals surface area contributed by atoms with Gasteiger partial charge in [0.25, 0.3) is 0 Å². The summed E-state index contributed by atoms with van der Waals surface area (Å²) in [5.74, 6) is -0.154. The third kappa shape index (κ3) is 2.73. The molecule has 0 radical (unpaired) electrons. The number of nitrogens with zero attached hydrogens (tertiary/aromatic N) is 4. The molecule has 128 valence electrons. The van der Waals surface area contributed by atoms with Gasteiger partial charge in [-0.05, 0) is 13.0 Å². The lowest BCUT2D eigenvalue weighted by atomic mass is 10.2. The molecule has 8 nitrogen and oxygen atoms in total. The van der Waals surface area contributed by atoms with E-state index in [2.05, 4.69) is 15.1 Å². The Hall–Kier alpha value is -2.49. The molecule has 2 aromatic heterocycles. The van der Waals surface area contributed by atoms with E-state index >= 15 is 0 Å². The standard InChI is InChI=1S/C14H16FN5O3S/c1-7(24(3,21)22)4-12-18-13-8-5-9(15)11(23-2)6-10(8)17-14(16)20(13)19-12/h5-7H,4H2,1-3H3,(H2,16,17). The van der Waals surface area contributed by atoms with Gasteiger partial charge in [0.15, 0.2) is 23.0 Å². The summed E-state index contributed by atoms with van der Waals surface area (Å²) in [6.45, 7) is 1.57. The van der Waals surface area contributed by atoms with Gasteiger partial charge >= 0.3 is 0 Å². The van der Waals surface area contributed by atoms with Crippen LogP contribution in [0.5, 0.6) is 5.75 Å². The van der Waals surface area contributed by atoms with Crippen LogP contribution in [-0.2, 0) is 16.3 Å². The first-order valence-electron chi connectivity index (χ1n) is 7.08. The molecule has 0 saturated heterocycles. The van der Waals surface area contributed by atoms with Crippen LogP contribution in [0.15, 0.2) is 12.1 Å². The van der Waals surface area contributed by atoms with Crippen LogP contribution in [0.4, 0.5) is 10.3 Å². The summed E-state index contributed by atoms with van der Waals surface area (Å²) in [5.41, 5.74) is 6.60. The Morgan fingerprint density at radius 2 is 2.08 bits per heavy atom. The minimum atomic E-state index is -3.22. The van der Waals surface area contributed by atoms with E-state index < -0.39 is 20.9 Å². The van der Waals surface area contributed by atoms with E-state index in [4.69, 9.17) is 10.5 Å². The van der Waals surface area contributed by atoms with Crippen molar-refractivity contribution in [1.29, 1.82) is 0 Å². The Morgan fingerprint density at radius 3 is 2.71 bits per heavy atom. The summed E-state index contributed by atoms with van der Waals surface area (Å²) in [6.07, 6.45) is 1.28. The quantitative estimate of drug-likeness (QED) is 0.744. The van der Waals surface area contributed by atoms with Crippen molar-refractivity contribution in [3.05, 3.63) is 23.8 Å². The van der Waals surface area contributed by atoms with Crippen molar-refractivity contribution in [2.75, 3.05) is 19.1 Å². The first-order chi connectivity index (χ1) is 11.2. The van der Waals surface area contributed by atoms with E-state index in [9.17, 15) is 12.8 Å². The van der Waals surface area contributed by atoms with Gasteiger partial charge in [0, 0.05) is 24.1 Å². The van der Waals surface area contributed by atoms with Gasteiger partial charge in [0.1, 0.15) is 9.84 Å². The van der Waals surface area contributed by atoms with E-state index in [-0.39, 0.29) is 18.1 Å². The van der Waals surface area contributed by atoms with Crippen LogP contribution in [0.1, 0.15) is 12.7 Å². The summed E-state index contributed by atoms with van der Waals surface area (Å²) in [7, 11) is -1.86. The Labute approximate surface area is 137 Å². The van der Waals surface area contributed by atoms with Crippen LogP contribution >= 0.6 is 0 Å². The number of halogens is 1. The Bertz CT molecular complexity index is 1050. The minimum absolute atomic E-state index is 0.0455. The number of hydrogen-bond acceptors (Lipinski definition) is 7. The lowest BCUT2D eigenvalue weighted by molar-refractivity contribution is 0.387. The molecule has 0 aliphatic carbocycles. The van der Waals surface area contributed by atoms with Gasteiger partial charge in [-0.3, -0.25) is 0 Å². The van der Waals surface area contributed by atoms with Crippen molar-refractivity contribution < 1.29 is 17.5 Å². The van der Waals surface area contributed by atoms with Crippen molar-refractivity contribution in [1.82, 2.24) is 19.6 Å². The van der Waals surface area contributed by atoms with Crippen LogP contribution in [0.2, 0.25) is 0 Å². The number of nitrogen functional groups attached to an aromatic ring is 1. The molecule has 1 aromatic carbocycles. The monoisotopic (exact) mass is 353 g/mol. The zero-order valence-electron chi connectivity index (χ0n) is 13.3. The highest BCUT2D eigenvalue weighted by Crippen LogP contribution is 2.27. The molecular weight excluding hydrogens is 337 g/mol. The number of ether oxygens (including phenoxy) is 1. The Balaban J connectivity index is 2.19. The number of sulfone groups is 1. The van der Waals surface area contributed by atoms with Gasteiger partial charge in [-0.15, -0.1) is 5.10 Å². The highest BCUT2D eigenvalue weighted by molar-refractivity contribution is 7.91. The first kappa shape index (κ1) is 16.4. The molecule has 3 aromatic rings. The fraction of sp³-hybridized carbons (Fsp3) is 0.357. The molecule has 24 heavy (non-hydrogen) atoms. The van der Waals surface area contributed by atoms with Crippen molar-refractivity contribution in [3.63, 3.8) is 0 Å². The number of aromatic nitrogens is 4. The van der Waals surface area contributed by atoms with Gasteiger partial charge in [0.05, 0.1) is 17.9 Å². The average Bonchev–Trinajstić information content (AvgIpc) is 2.91. The predicted molar refractivity (Wildman–Crippen MR) is 87.2 cm³/mol. The fourth-order valence-electron chi connectivity index (χ4n) is 2.33. The first-order valence-corrected chi connectivity index (χ1v) is 9.03. The SMILES string of the molecule is COc1cc2nc(N)n3nc(CC(C)S(C)(=O)=O)nc3c2cc1F. The number of nitrogens with two attached hydrogens (primary N) is 1. The molecule has 3 rings (SSSR count). The Kier molecular flexibility index (Phi) is 3.78. The van der Waals surface area contributed by atoms with Gasteiger partial charge in [-0.2, -0.15) is 4.52 Å². The molecule has 0 bridgehead atoms. The zero-order chi connectivity index (χ0) is 17.6. The molecular formula is C14H16FN5O3S. The van der Waals surface area contributed by atoms with Crippen molar-refractivity contribution in [2.45, 2.75) is 18.6 Å². The summed E-state index contributed by atoms with van der Waals surface area (Å²) < 4.78 is 43.4. The van der Waals surface area contributed by atoms with E-state index in [0.29, 0.717) is 22.4 Å². The number of methoxy groups -OCH3 is 1. The molecule has 0 aliphatic rings. The fourth-order valence-corrected chi connectivity index (χ4v) is 2.78. The normalized spacial score (nSPS) is 13.5. The number of rotatable bonds is 4. The molecule has 0 fully saturated rings. The smallest absolute Gasteiger partial charge is 0.223 e. The maximum Gasteiger partial charge on any atom is 0.223 e. The number of hydrogen-bond donors (Lipinski definition) is 1. The number of anilines is 1. The van der Waals surface area contributed by atoms with Gasteiger partial charge < -0.3 is 10.5 Å². The third-order valence-corrected chi connectivity index (χ3v) is 5.44. The van der Waals surface area contributed by atoms with Gasteiger partial charge in [-0.25, -0.2) is 22.8 Å². The summed E-state index contributed by atoms with van der Waals surface area (Å²) in [4.78, 5) is 8.48. The van der Waals surface area contributed by atoms with Crippen LogP contribution in [0, 0.1) is 5.82 Å². The molecule has 1 atom stereocenters. The van der Waals surface area contributed by atoms with E-state index in [1.807, 2.05) is 0 Å². The summed E-state index contributed by atoms with van der Waals surface area (Å²) >= 11 is 0. The zero-order valence-corrected chi connectivity index (χ0v) is 14.1. The van der Waals surface area contributed by atoms with Crippen molar-refractivity contribution in [3.8, 4) is 5.75 Å². The van der Waals surface area contributed by atoms with Crippen LogP contribution < -0.4 is 10.5 Å². The second-order valence-corrected chi connectivity index (χ2v) is 8.05. The maximum absolute atomic E-state index is 14.0. The largest absolute Gasteiger partial charge is 0.494 e. The molecule has 10 heteroatoms. The van der Waals surface area contributed by atoms with Crippen molar-refractivity contribution >= 4 is 32.3 Å². The maximum atomic E-state index is 14.0. The lowest BCUT2D eigenvalue weighted by Crippen LogP contribution is -2.19. The molecule has 2 heterocycles. The molecule has 1 unspecified atom stereocenters. The Morgan fingerprint density at radius 1 is 1.38 bits per heavy atom. The predicted octanol–water partition coefficient (Wildman–Crippen LogP) is 0.983. The number of benzene rings is 1. The van der Waals surface area contributed by atoms with Crippen molar-refractivity contribution in [2.24, 2.45) is 0 Å². The van der Waals surface area contributed by atoms with Crippen LogP contribution in [0.25, 0.3) is 16.6 Å². The van der Waals surface area contributed by atoms with E-state index in [1.54, 1.807) is 6.92 Å². The summed E-state index contributed by atoms with van der Waals surface area (Å²) in [6, 6.07) is 2.67. The van der Waals surface area contributed by atoms with Gasteiger partial charge in [0.2, 0.25) is 5.95 Å². The van der Waals surface area contributed by atoms with Crippen LogP contribution in [-0.4, -0.2) is 46.6 Å². The van der Waals surface area contributed by atoms with E-state index in [0.717, 1.165) is 6.26 Å². The second-order valence-electron chi connectivity index (χ2n) is 5.58. The third-order valence-electron chi connectivity index (χ3n) is 3.81. The van der Waals surface area contributed by atoms with E-state index in [1.165, 1.54) is 23.8 Å². The molecule has 0 saturated carbocycles. The second kappa shape index (κ2) is 5.55. The molecule has 0 amide bonds. The summed E-state index contributed by atoms with van der Waals surface area (Å²) in [5, 5.41) is 3.95. The van der Waals surface area contributed by atoms with Crippen LogP contribution in [0.3, 0.4) is 0 Å². The lowest BCUT2D eigenvalue weighted by Gasteiger charge is -2.05. The highest BCUT2D eigenvalue weighted by atomic mass is 32.2. The topological polar surface area (TPSA) is 112 Å². The molecule has 0 spiro atoms. The minimum Gasteiger partial charge on any atom is -0.494 e. The molecule has 2 N–H and O–H groups in total. The average molecular weight is 353 g/mol. The highest BCUT2D eigenvalue weighted by Gasteiger charge is 2.20. The number of fused-ring (bicyclic) bond motifs is 3. The molecule has 0 aliphatic heterocycles. The van der Waals surface area contributed by atoms with Gasteiger partial charge in [-0.1, -0.05) is 0 Å².